The molecular formula is C11H12ClFN2O5S. The van der Waals surface area contributed by atoms with E-state index in [1.165, 1.54) is 7.05 Å². The summed E-state index contributed by atoms with van der Waals surface area (Å²) < 4.78 is 39.3. The molecule has 0 atom stereocenters. The normalized spacial score (nSPS) is 11.2. The number of hydrogen-bond acceptors (Lipinski definition) is 4. The number of nitrogens with one attached hydrogen (secondary N) is 2. The highest BCUT2D eigenvalue weighted by molar-refractivity contribution is 7.89. The van der Waals surface area contributed by atoms with Crippen molar-refractivity contribution in [3.05, 3.63) is 28.5 Å². The van der Waals surface area contributed by atoms with E-state index in [0.717, 1.165) is 6.07 Å². The van der Waals surface area contributed by atoms with E-state index in [1.54, 1.807) is 0 Å². The van der Waals surface area contributed by atoms with Gasteiger partial charge < -0.3 is 10.4 Å². The summed E-state index contributed by atoms with van der Waals surface area (Å²) in [6, 6.07) is 1.35. The molecule has 1 amide bonds. The Morgan fingerprint density at radius 3 is 2.52 bits per heavy atom. The number of carboxylic acid groups (broad SMARTS) is 1. The molecule has 1 aromatic carbocycles. The van der Waals surface area contributed by atoms with Gasteiger partial charge in [0.05, 0.1) is 15.5 Å². The van der Waals surface area contributed by atoms with Crippen LogP contribution in [-0.2, 0) is 14.8 Å². The van der Waals surface area contributed by atoms with Crippen molar-refractivity contribution in [3.63, 3.8) is 0 Å². The van der Waals surface area contributed by atoms with E-state index in [-0.39, 0.29) is 18.9 Å². The van der Waals surface area contributed by atoms with Crippen LogP contribution in [0.15, 0.2) is 17.0 Å². The van der Waals surface area contributed by atoms with Gasteiger partial charge in [-0.25, -0.2) is 22.3 Å². The summed E-state index contributed by atoms with van der Waals surface area (Å²) in [6.07, 6.45) is -0.114. The Kier molecular flexibility index (Phi) is 5.64. The lowest BCUT2D eigenvalue weighted by atomic mass is 10.2. The van der Waals surface area contributed by atoms with E-state index < -0.39 is 37.3 Å². The van der Waals surface area contributed by atoms with Crippen molar-refractivity contribution < 1.29 is 27.5 Å². The van der Waals surface area contributed by atoms with Crippen molar-refractivity contribution in [3.8, 4) is 0 Å². The number of carbonyl (C=O) groups excluding carboxylic acids is 1. The van der Waals surface area contributed by atoms with E-state index in [9.17, 15) is 22.4 Å². The van der Waals surface area contributed by atoms with Gasteiger partial charge in [0.25, 0.3) is 0 Å². The van der Waals surface area contributed by atoms with Crippen LogP contribution in [0.4, 0.5) is 4.39 Å². The van der Waals surface area contributed by atoms with Gasteiger partial charge in [0.2, 0.25) is 15.9 Å². The third-order valence-electron chi connectivity index (χ3n) is 2.47. The molecule has 0 aliphatic carbocycles. The first-order valence-corrected chi connectivity index (χ1v) is 7.47. The fourth-order valence-electron chi connectivity index (χ4n) is 1.38. The Balaban J connectivity index is 3.04. The molecule has 0 aromatic heterocycles. The average molecular weight is 339 g/mol. The number of carboxylic acids is 1. The summed E-state index contributed by atoms with van der Waals surface area (Å²) in [6.45, 7) is -0.214. The van der Waals surface area contributed by atoms with Crippen molar-refractivity contribution in [2.24, 2.45) is 0 Å². The zero-order valence-electron chi connectivity index (χ0n) is 10.8. The van der Waals surface area contributed by atoms with Gasteiger partial charge in [-0.2, -0.15) is 0 Å². The number of carbonyl (C=O) groups is 2. The molecule has 0 aliphatic rings. The predicted molar refractivity (Wildman–Crippen MR) is 72.2 cm³/mol. The minimum atomic E-state index is -4.15. The van der Waals surface area contributed by atoms with Crippen LogP contribution >= 0.6 is 11.6 Å². The minimum Gasteiger partial charge on any atom is -0.478 e. The number of amides is 1. The van der Waals surface area contributed by atoms with Crippen molar-refractivity contribution in [2.75, 3.05) is 13.6 Å². The second-order valence-electron chi connectivity index (χ2n) is 3.89. The van der Waals surface area contributed by atoms with Crippen molar-refractivity contribution >= 4 is 33.5 Å². The summed E-state index contributed by atoms with van der Waals surface area (Å²) in [7, 11) is -2.76. The molecule has 116 valence electrons. The van der Waals surface area contributed by atoms with Crippen molar-refractivity contribution in [1.29, 1.82) is 0 Å². The number of benzene rings is 1. The van der Waals surface area contributed by atoms with Gasteiger partial charge in [0.15, 0.2) is 0 Å². The van der Waals surface area contributed by atoms with Crippen LogP contribution in [0.1, 0.15) is 16.8 Å². The van der Waals surface area contributed by atoms with Gasteiger partial charge in [0, 0.05) is 20.0 Å². The molecule has 1 aromatic rings. The van der Waals surface area contributed by atoms with Crippen LogP contribution in [0.25, 0.3) is 0 Å². The van der Waals surface area contributed by atoms with Gasteiger partial charge in [-0.05, 0) is 12.1 Å². The maximum Gasteiger partial charge on any atom is 0.337 e. The molecule has 21 heavy (non-hydrogen) atoms. The fraction of sp³-hybridized carbons (Fsp3) is 0.273. The van der Waals surface area contributed by atoms with Gasteiger partial charge in [0.1, 0.15) is 5.82 Å². The van der Waals surface area contributed by atoms with Gasteiger partial charge in [-0.15, -0.1) is 0 Å². The van der Waals surface area contributed by atoms with Gasteiger partial charge >= 0.3 is 5.97 Å². The highest BCUT2D eigenvalue weighted by atomic mass is 35.5. The summed E-state index contributed by atoms with van der Waals surface area (Å²) in [5.74, 6) is -3.10. The molecule has 7 nitrogen and oxygen atoms in total. The first kappa shape index (κ1) is 17.3. The van der Waals surface area contributed by atoms with Crippen LogP contribution in [0.2, 0.25) is 5.02 Å². The maximum absolute atomic E-state index is 13.5. The smallest absolute Gasteiger partial charge is 0.337 e. The molecule has 0 radical (unpaired) electrons. The number of halogens is 2. The molecular weight excluding hydrogens is 327 g/mol. The summed E-state index contributed by atoms with van der Waals surface area (Å²) in [5.41, 5.74) is -0.664. The third kappa shape index (κ3) is 4.38. The van der Waals surface area contributed by atoms with E-state index in [2.05, 4.69) is 10.0 Å². The first-order valence-electron chi connectivity index (χ1n) is 5.61. The lowest BCUT2D eigenvalue weighted by Crippen LogP contribution is -2.29. The average Bonchev–Trinajstić information content (AvgIpc) is 2.40. The molecule has 0 bridgehead atoms. The Morgan fingerprint density at radius 2 is 2.00 bits per heavy atom. The predicted octanol–water partition coefficient (Wildman–Crippen LogP) is 0.592. The SMILES string of the molecule is CNC(=O)CCNS(=O)(=O)c1cc(F)c(Cl)c(C(=O)O)c1. The molecule has 0 aliphatic heterocycles. The van der Waals surface area contributed by atoms with E-state index >= 15 is 0 Å². The Hall–Kier alpha value is -1.71. The molecule has 1 rings (SSSR count). The number of hydrogen-bond donors (Lipinski definition) is 3. The zero-order valence-corrected chi connectivity index (χ0v) is 12.4. The molecule has 0 saturated carbocycles. The second kappa shape index (κ2) is 6.83. The van der Waals surface area contributed by atoms with Crippen LogP contribution < -0.4 is 10.0 Å². The standard InChI is InChI=1S/C11H12ClFN2O5S/c1-14-9(16)2-3-15-21(19,20)6-4-7(11(17)18)10(12)8(13)5-6/h4-5,15H,2-3H2,1H3,(H,14,16)(H,17,18). The monoisotopic (exact) mass is 338 g/mol. The van der Waals surface area contributed by atoms with Crippen molar-refractivity contribution in [2.45, 2.75) is 11.3 Å². The quantitative estimate of drug-likeness (QED) is 0.702. The Morgan fingerprint density at radius 1 is 1.38 bits per heavy atom. The molecule has 3 N–H and O–H groups in total. The number of rotatable bonds is 6. The summed E-state index contributed by atoms with van der Waals surface area (Å²) in [4.78, 5) is 21.3. The van der Waals surface area contributed by atoms with Crippen LogP contribution in [0.5, 0.6) is 0 Å². The largest absolute Gasteiger partial charge is 0.478 e. The maximum atomic E-state index is 13.5. The molecule has 0 saturated heterocycles. The Labute approximate surface area is 125 Å². The van der Waals surface area contributed by atoms with Crippen LogP contribution in [0, 0.1) is 5.82 Å². The highest BCUT2D eigenvalue weighted by Gasteiger charge is 2.21. The second-order valence-corrected chi connectivity index (χ2v) is 6.04. The fourth-order valence-corrected chi connectivity index (χ4v) is 2.64. The van der Waals surface area contributed by atoms with E-state index in [4.69, 9.17) is 16.7 Å². The first-order chi connectivity index (χ1) is 9.69. The molecule has 0 heterocycles. The minimum absolute atomic E-state index is 0.114. The number of sulfonamides is 1. The molecule has 0 unspecified atom stereocenters. The van der Waals surface area contributed by atoms with Gasteiger partial charge in [-0.1, -0.05) is 11.6 Å². The van der Waals surface area contributed by atoms with Crippen LogP contribution in [-0.4, -0.2) is 39.0 Å². The van der Waals surface area contributed by atoms with E-state index in [1.807, 2.05) is 0 Å². The lowest BCUT2D eigenvalue weighted by molar-refractivity contribution is -0.120. The highest BCUT2D eigenvalue weighted by Crippen LogP contribution is 2.24. The van der Waals surface area contributed by atoms with Gasteiger partial charge in [-0.3, -0.25) is 4.79 Å². The van der Waals surface area contributed by atoms with E-state index in [0.29, 0.717) is 6.07 Å². The van der Waals surface area contributed by atoms with Crippen LogP contribution in [0.3, 0.4) is 0 Å². The molecule has 0 spiro atoms. The number of aromatic carboxylic acids is 1. The molecule has 10 heteroatoms. The van der Waals surface area contributed by atoms with Crippen molar-refractivity contribution in [1.82, 2.24) is 10.0 Å². The lowest BCUT2D eigenvalue weighted by Gasteiger charge is -2.08. The Bertz CT molecular complexity index is 677. The summed E-state index contributed by atoms with van der Waals surface area (Å²) >= 11 is 5.45. The zero-order chi connectivity index (χ0) is 16.2. The summed E-state index contributed by atoms with van der Waals surface area (Å²) in [5, 5.41) is 10.5. The topological polar surface area (TPSA) is 113 Å². The molecule has 0 fully saturated rings. The third-order valence-corrected chi connectivity index (χ3v) is 4.29.